The molecule has 2 aromatic rings. The molecule has 0 saturated heterocycles. The molecule has 0 radical (unpaired) electrons. The maximum atomic E-state index is 13.0. The van der Waals surface area contributed by atoms with E-state index in [-0.39, 0.29) is 17.9 Å². The molecule has 7 heteroatoms. The molecule has 2 N–H and O–H groups in total. The highest BCUT2D eigenvalue weighted by molar-refractivity contribution is 7.92. The molecular weight excluding hydrogens is 307 g/mol. The molecule has 0 spiro atoms. The monoisotopic (exact) mass is 322 g/mol. The first kappa shape index (κ1) is 16.0. The van der Waals surface area contributed by atoms with Crippen LogP contribution in [0, 0.1) is 5.82 Å². The molecule has 116 valence electrons. The summed E-state index contributed by atoms with van der Waals surface area (Å²) in [5, 5.41) is 0. The third-order valence-electron chi connectivity index (χ3n) is 3.01. The molecule has 0 heterocycles. The third-order valence-corrected chi connectivity index (χ3v) is 4.85. The van der Waals surface area contributed by atoms with E-state index in [9.17, 15) is 17.6 Å². The number of carbonyl (C=O) groups excluding carboxylic acids is 1. The molecular formula is C15H15FN2O3S. The first-order chi connectivity index (χ1) is 10.4. The molecule has 0 atom stereocenters. The van der Waals surface area contributed by atoms with E-state index in [4.69, 9.17) is 5.73 Å². The fourth-order valence-electron chi connectivity index (χ4n) is 1.93. The number of rotatable bonds is 6. The molecule has 0 aliphatic rings. The molecule has 0 unspecified atom stereocenters. The number of hydrogen-bond acceptors (Lipinski definition) is 3. The van der Waals surface area contributed by atoms with Gasteiger partial charge in [0, 0.05) is 13.0 Å². The lowest BCUT2D eigenvalue weighted by Gasteiger charge is -2.24. The Hall–Kier alpha value is -2.41. The van der Waals surface area contributed by atoms with Gasteiger partial charge < -0.3 is 5.73 Å². The Kier molecular flexibility index (Phi) is 4.77. The molecule has 2 rings (SSSR count). The molecule has 2 aromatic carbocycles. The van der Waals surface area contributed by atoms with E-state index >= 15 is 0 Å². The first-order valence-electron chi connectivity index (χ1n) is 6.53. The van der Waals surface area contributed by atoms with E-state index < -0.39 is 21.7 Å². The van der Waals surface area contributed by atoms with Crippen LogP contribution in [0.25, 0.3) is 0 Å². The van der Waals surface area contributed by atoms with E-state index in [1.165, 1.54) is 12.1 Å². The predicted octanol–water partition coefficient (Wildman–Crippen LogP) is 1.90. The van der Waals surface area contributed by atoms with Crippen molar-refractivity contribution in [1.82, 2.24) is 0 Å². The Morgan fingerprint density at radius 1 is 1.05 bits per heavy atom. The van der Waals surface area contributed by atoms with E-state index in [0.29, 0.717) is 5.69 Å². The number of para-hydroxylation sites is 1. The highest BCUT2D eigenvalue weighted by atomic mass is 32.2. The van der Waals surface area contributed by atoms with Gasteiger partial charge in [0.1, 0.15) is 5.82 Å². The Labute approximate surface area is 128 Å². The summed E-state index contributed by atoms with van der Waals surface area (Å²) in [7, 11) is -3.91. The number of halogens is 1. The number of nitrogens with zero attached hydrogens (tertiary/aromatic N) is 1. The van der Waals surface area contributed by atoms with Crippen molar-refractivity contribution in [3.05, 3.63) is 60.4 Å². The van der Waals surface area contributed by atoms with Crippen LogP contribution in [0.5, 0.6) is 0 Å². The second kappa shape index (κ2) is 6.57. The molecule has 0 fully saturated rings. The SMILES string of the molecule is NC(=O)CCN(c1ccccc1)S(=O)(=O)c1ccc(F)cc1. The minimum Gasteiger partial charge on any atom is -0.370 e. The van der Waals surface area contributed by atoms with Crippen molar-refractivity contribution in [2.24, 2.45) is 5.73 Å². The third kappa shape index (κ3) is 3.62. The van der Waals surface area contributed by atoms with Gasteiger partial charge in [0.15, 0.2) is 0 Å². The maximum Gasteiger partial charge on any atom is 0.264 e. The minimum absolute atomic E-state index is 0.0535. The van der Waals surface area contributed by atoms with E-state index in [0.717, 1.165) is 16.4 Å². The van der Waals surface area contributed by atoms with Crippen molar-refractivity contribution in [2.45, 2.75) is 11.3 Å². The smallest absolute Gasteiger partial charge is 0.264 e. The number of sulfonamides is 1. The second-order valence-corrected chi connectivity index (χ2v) is 6.45. The van der Waals surface area contributed by atoms with Gasteiger partial charge in [-0.3, -0.25) is 9.10 Å². The summed E-state index contributed by atoms with van der Waals surface area (Å²) < 4.78 is 39.5. The Bertz CT molecular complexity index is 746. The second-order valence-electron chi connectivity index (χ2n) is 4.58. The van der Waals surface area contributed by atoms with Crippen LogP contribution in [0.15, 0.2) is 59.5 Å². The van der Waals surface area contributed by atoms with Crippen molar-refractivity contribution in [3.63, 3.8) is 0 Å². The van der Waals surface area contributed by atoms with Crippen LogP contribution in [-0.2, 0) is 14.8 Å². The summed E-state index contributed by atoms with van der Waals surface area (Å²) in [5.41, 5.74) is 5.52. The number of hydrogen-bond donors (Lipinski definition) is 1. The molecule has 0 saturated carbocycles. The average Bonchev–Trinajstić information content (AvgIpc) is 2.48. The van der Waals surface area contributed by atoms with Gasteiger partial charge in [0.05, 0.1) is 10.6 Å². The summed E-state index contributed by atoms with van der Waals surface area (Å²) in [5.74, 6) is -1.13. The van der Waals surface area contributed by atoms with Gasteiger partial charge in [-0.2, -0.15) is 0 Å². The van der Waals surface area contributed by atoms with Gasteiger partial charge in [0.2, 0.25) is 5.91 Å². The number of anilines is 1. The Balaban J connectivity index is 2.43. The molecule has 1 amide bonds. The quantitative estimate of drug-likeness (QED) is 0.882. The summed E-state index contributed by atoms with van der Waals surface area (Å²) in [6.45, 7) is -0.0843. The molecule has 5 nitrogen and oxygen atoms in total. The summed E-state index contributed by atoms with van der Waals surface area (Å²) in [6.07, 6.45) is -0.116. The van der Waals surface area contributed by atoms with Crippen LogP contribution in [0.4, 0.5) is 10.1 Å². The average molecular weight is 322 g/mol. The van der Waals surface area contributed by atoms with Crippen molar-refractivity contribution >= 4 is 21.6 Å². The molecule has 0 aliphatic carbocycles. The fraction of sp³-hybridized carbons (Fsp3) is 0.133. The van der Waals surface area contributed by atoms with Crippen LogP contribution in [0.2, 0.25) is 0 Å². The molecule has 22 heavy (non-hydrogen) atoms. The number of nitrogens with two attached hydrogens (primary N) is 1. The Morgan fingerprint density at radius 2 is 1.64 bits per heavy atom. The zero-order chi connectivity index (χ0) is 16.2. The molecule has 0 bridgehead atoms. The normalized spacial score (nSPS) is 11.1. The topological polar surface area (TPSA) is 80.5 Å². The van der Waals surface area contributed by atoms with Crippen LogP contribution in [0.1, 0.15) is 6.42 Å². The van der Waals surface area contributed by atoms with Gasteiger partial charge in [-0.15, -0.1) is 0 Å². The molecule has 0 aliphatic heterocycles. The van der Waals surface area contributed by atoms with Gasteiger partial charge in [0.25, 0.3) is 10.0 Å². The van der Waals surface area contributed by atoms with Crippen LogP contribution in [0.3, 0.4) is 0 Å². The maximum absolute atomic E-state index is 13.0. The number of amides is 1. The number of carbonyl (C=O) groups is 1. The van der Waals surface area contributed by atoms with E-state index in [2.05, 4.69) is 0 Å². The standard InChI is InChI=1S/C15H15FN2O3S/c16-12-6-8-14(9-7-12)22(20,21)18(11-10-15(17)19)13-4-2-1-3-5-13/h1-9H,10-11H2,(H2,17,19). The largest absolute Gasteiger partial charge is 0.370 e. The van der Waals surface area contributed by atoms with Gasteiger partial charge in [-0.25, -0.2) is 12.8 Å². The zero-order valence-electron chi connectivity index (χ0n) is 11.6. The summed E-state index contributed by atoms with van der Waals surface area (Å²) >= 11 is 0. The minimum atomic E-state index is -3.91. The number of primary amides is 1. The van der Waals surface area contributed by atoms with Crippen molar-refractivity contribution in [2.75, 3.05) is 10.8 Å². The van der Waals surface area contributed by atoms with Crippen LogP contribution in [-0.4, -0.2) is 20.9 Å². The summed E-state index contributed by atoms with van der Waals surface area (Å²) in [6, 6.07) is 12.9. The number of benzene rings is 2. The van der Waals surface area contributed by atoms with E-state index in [1.807, 2.05) is 0 Å². The van der Waals surface area contributed by atoms with Crippen molar-refractivity contribution < 1.29 is 17.6 Å². The highest BCUT2D eigenvalue weighted by Gasteiger charge is 2.25. The van der Waals surface area contributed by atoms with Crippen LogP contribution >= 0.6 is 0 Å². The molecule has 0 aromatic heterocycles. The highest BCUT2D eigenvalue weighted by Crippen LogP contribution is 2.23. The van der Waals surface area contributed by atoms with Gasteiger partial charge in [-0.05, 0) is 36.4 Å². The predicted molar refractivity (Wildman–Crippen MR) is 81.2 cm³/mol. The van der Waals surface area contributed by atoms with Gasteiger partial charge >= 0.3 is 0 Å². The van der Waals surface area contributed by atoms with Gasteiger partial charge in [-0.1, -0.05) is 18.2 Å². The Morgan fingerprint density at radius 3 is 2.18 bits per heavy atom. The lowest BCUT2D eigenvalue weighted by atomic mass is 10.3. The van der Waals surface area contributed by atoms with E-state index in [1.54, 1.807) is 30.3 Å². The van der Waals surface area contributed by atoms with Crippen molar-refractivity contribution in [3.8, 4) is 0 Å². The first-order valence-corrected chi connectivity index (χ1v) is 7.97. The zero-order valence-corrected chi connectivity index (χ0v) is 12.5. The lowest BCUT2D eigenvalue weighted by Crippen LogP contribution is -2.34. The summed E-state index contributed by atoms with van der Waals surface area (Å²) in [4.78, 5) is 10.9. The fourth-order valence-corrected chi connectivity index (χ4v) is 3.39. The van der Waals surface area contributed by atoms with Crippen LogP contribution < -0.4 is 10.0 Å². The van der Waals surface area contributed by atoms with Crippen molar-refractivity contribution in [1.29, 1.82) is 0 Å². The lowest BCUT2D eigenvalue weighted by molar-refractivity contribution is -0.117.